The van der Waals surface area contributed by atoms with Crippen LogP contribution in [0.15, 0.2) is 12.2 Å². The number of rotatable bonds is 14. The van der Waals surface area contributed by atoms with Gasteiger partial charge < -0.3 is 24.8 Å². The van der Waals surface area contributed by atoms with Crippen LogP contribution in [0.3, 0.4) is 0 Å². The Morgan fingerprint density at radius 2 is 1.75 bits per heavy atom. The Hall–Kier alpha value is -0.460. The van der Waals surface area contributed by atoms with Crippen molar-refractivity contribution in [3.8, 4) is 0 Å². The third-order valence-corrected chi connectivity index (χ3v) is 4.53. The quantitative estimate of drug-likeness (QED) is 0.333. The van der Waals surface area contributed by atoms with Crippen LogP contribution >= 0.6 is 0 Å². The predicted octanol–water partition coefficient (Wildman–Crippen LogP) is 2.57. The van der Waals surface area contributed by atoms with Crippen LogP contribution in [-0.4, -0.2) is 59.6 Å². The number of hydrogen-bond donors (Lipinski definition) is 3. The molecule has 1 heterocycles. The molecule has 1 fully saturated rings. The van der Waals surface area contributed by atoms with Gasteiger partial charge in [-0.3, -0.25) is 0 Å². The fraction of sp³-hybridized carbons (Fsp3) is 0.895. The molecule has 0 radical (unpaired) electrons. The van der Waals surface area contributed by atoms with Gasteiger partial charge in [0.15, 0.2) is 0 Å². The maximum Gasteiger partial charge on any atom is 0.114 e. The number of ether oxygens (including phenoxy) is 2. The maximum atomic E-state index is 9.98. The molecule has 1 saturated heterocycles. The molecule has 142 valence electrons. The van der Waals surface area contributed by atoms with Crippen LogP contribution in [0.25, 0.3) is 0 Å². The fourth-order valence-electron chi connectivity index (χ4n) is 2.97. The standard InChI is InChI=1S/C19H36O5/c1-2-3-4-5-6-7-8-9-10-11-12-13-23-17-15-24-19(18(17)22)16(21)14-20/h11-12,16-22H,2-10,13-15H2,1H3/b12-11+/t16-,17+,18+,19+/m0/s1. The van der Waals surface area contributed by atoms with E-state index in [2.05, 4.69) is 13.0 Å². The van der Waals surface area contributed by atoms with Crippen LogP contribution in [0.5, 0.6) is 0 Å². The van der Waals surface area contributed by atoms with Crippen LogP contribution in [0, 0.1) is 0 Å². The Morgan fingerprint density at radius 3 is 2.42 bits per heavy atom. The van der Waals surface area contributed by atoms with E-state index in [-0.39, 0.29) is 6.61 Å². The van der Waals surface area contributed by atoms with Crippen LogP contribution in [0.1, 0.15) is 64.7 Å². The smallest absolute Gasteiger partial charge is 0.114 e. The molecule has 0 bridgehead atoms. The molecule has 24 heavy (non-hydrogen) atoms. The van der Waals surface area contributed by atoms with E-state index in [4.69, 9.17) is 14.6 Å². The van der Waals surface area contributed by atoms with Crippen molar-refractivity contribution in [2.75, 3.05) is 19.8 Å². The Kier molecular flexibility index (Phi) is 12.4. The summed E-state index contributed by atoms with van der Waals surface area (Å²) in [5, 5.41) is 28.4. The first kappa shape index (κ1) is 21.6. The zero-order valence-electron chi connectivity index (χ0n) is 15.1. The number of allylic oxidation sites excluding steroid dienone is 1. The van der Waals surface area contributed by atoms with Gasteiger partial charge in [-0.15, -0.1) is 0 Å². The minimum atomic E-state index is -1.06. The van der Waals surface area contributed by atoms with Gasteiger partial charge in [-0.2, -0.15) is 0 Å². The zero-order valence-corrected chi connectivity index (χ0v) is 15.1. The summed E-state index contributed by atoms with van der Waals surface area (Å²) in [7, 11) is 0. The van der Waals surface area contributed by atoms with Crippen molar-refractivity contribution in [2.45, 2.75) is 89.1 Å². The van der Waals surface area contributed by atoms with Crippen LogP contribution in [0.4, 0.5) is 0 Å². The SMILES string of the molecule is CCCCCCCCCC/C=C/CO[C@@H]1CO[C@H]([C@@H](O)CO)[C@@H]1O. The van der Waals surface area contributed by atoms with Gasteiger partial charge in [0.1, 0.15) is 24.4 Å². The Labute approximate surface area is 146 Å². The molecule has 5 nitrogen and oxygen atoms in total. The average molecular weight is 344 g/mol. The highest BCUT2D eigenvalue weighted by atomic mass is 16.6. The third kappa shape index (κ3) is 8.58. The number of hydrogen-bond acceptors (Lipinski definition) is 5. The predicted molar refractivity (Wildman–Crippen MR) is 94.9 cm³/mol. The molecule has 1 aliphatic rings. The highest BCUT2D eigenvalue weighted by Gasteiger charge is 2.40. The third-order valence-electron chi connectivity index (χ3n) is 4.53. The van der Waals surface area contributed by atoms with Gasteiger partial charge in [-0.05, 0) is 12.8 Å². The first-order valence-corrected chi connectivity index (χ1v) is 9.55. The molecule has 5 heteroatoms. The summed E-state index contributed by atoms with van der Waals surface area (Å²) < 4.78 is 10.8. The minimum absolute atomic E-state index is 0.245. The maximum absolute atomic E-state index is 9.98. The molecule has 0 aliphatic carbocycles. The lowest BCUT2D eigenvalue weighted by Gasteiger charge is -2.20. The van der Waals surface area contributed by atoms with E-state index in [1.807, 2.05) is 6.08 Å². The summed E-state index contributed by atoms with van der Waals surface area (Å²) in [6.45, 7) is 2.50. The first-order valence-electron chi connectivity index (χ1n) is 9.55. The summed E-state index contributed by atoms with van der Waals surface area (Å²) in [4.78, 5) is 0. The van der Waals surface area contributed by atoms with Crippen molar-refractivity contribution >= 4 is 0 Å². The monoisotopic (exact) mass is 344 g/mol. The molecular weight excluding hydrogens is 308 g/mol. The van der Waals surface area contributed by atoms with Gasteiger partial charge in [0.25, 0.3) is 0 Å². The molecule has 3 N–H and O–H groups in total. The van der Waals surface area contributed by atoms with Crippen molar-refractivity contribution in [2.24, 2.45) is 0 Å². The van der Waals surface area contributed by atoms with E-state index < -0.39 is 31.0 Å². The molecule has 0 aromatic heterocycles. The highest BCUT2D eigenvalue weighted by Crippen LogP contribution is 2.20. The first-order chi connectivity index (χ1) is 11.7. The van der Waals surface area contributed by atoms with E-state index in [1.54, 1.807) is 0 Å². The summed E-state index contributed by atoms with van der Waals surface area (Å²) in [6.07, 6.45) is 12.6. The Morgan fingerprint density at radius 1 is 1.08 bits per heavy atom. The van der Waals surface area contributed by atoms with Gasteiger partial charge in [0, 0.05) is 0 Å². The van der Waals surface area contributed by atoms with Gasteiger partial charge >= 0.3 is 0 Å². The minimum Gasteiger partial charge on any atom is -0.394 e. The van der Waals surface area contributed by atoms with E-state index in [0.29, 0.717) is 6.61 Å². The number of unbranched alkanes of at least 4 members (excludes halogenated alkanes) is 8. The van der Waals surface area contributed by atoms with Crippen molar-refractivity contribution in [3.05, 3.63) is 12.2 Å². The fourth-order valence-corrected chi connectivity index (χ4v) is 2.97. The van der Waals surface area contributed by atoms with E-state index >= 15 is 0 Å². The average Bonchev–Trinajstić information content (AvgIpc) is 2.96. The topological polar surface area (TPSA) is 79.2 Å². The van der Waals surface area contributed by atoms with Gasteiger partial charge in [0.05, 0.1) is 19.8 Å². The molecule has 0 saturated carbocycles. The molecule has 0 aromatic rings. The molecule has 0 aromatic carbocycles. The summed E-state index contributed by atoms with van der Waals surface area (Å²) >= 11 is 0. The largest absolute Gasteiger partial charge is 0.394 e. The van der Waals surface area contributed by atoms with Crippen molar-refractivity contribution in [3.63, 3.8) is 0 Å². The molecule has 4 atom stereocenters. The van der Waals surface area contributed by atoms with E-state index in [0.717, 1.165) is 6.42 Å². The van der Waals surface area contributed by atoms with Crippen LogP contribution in [0.2, 0.25) is 0 Å². The second kappa shape index (κ2) is 13.8. The lowest BCUT2D eigenvalue weighted by molar-refractivity contribution is -0.0716. The summed E-state index contributed by atoms with van der Waals surface area (Å²) in [6, 6.07) is 0. The van der Waals surface area contributed by atoms with Crippen molar-refractivity contribution in [1.29, 1.82) is 0 Å². The second-order valence-corrected chi connectivity index (χ2v) is 6.65. The Balaban J connectivity index is 1.97. The van der Waals surface area contributed by atoms with Gasteiger partial charge in [-0.25, -0.2) is 0 Å². The number of aliphatic hydroxyl groups is 3. The van der Waals surface area contributed by atoms with Gasteiger partial charge in [-0.1, -0.05) is 64.0 Å². The zero-order chi connectivity index (χ0) is 17.6. The van der Waals surface area contributed by atoms with Crippen LogP contribution in [-0.2, 0) is 9.47 Å². The summed E-state index contributed by atoms with van der Waals surface area (Å²) in [5.41, 5.74) is 0. The number of aliphatic hydroxyl groups excluding tert-OH is 3. The molecule has 0 unspecified atom stereocenters. The van der Waals surface area contributed by atoms with Crippen molar-refractivity contribution in [1.82, 2.24) is 0 Å². The molecular formula is C19H36O5. The molecule has 1 aliphatic heterocycles. The molecule has 1 rings (SSSR count). The second-order valence-electron chi connectivity index (χ2n) is 6.65. The lowest BCUT2D eigenvalue weighted by atomic mass is 10.1. The van der Waals surface area contributed by atoms with E-state index in [1.165, 1.54) is 51.4 Å². The van der Waals surface area contributed by atoms with Crippen LogP contribution < -0.4 is 0 Å². The summed E-state index contributed by atoms with van der Waals surface area (Å²) in [5.74, 6) is 0. The van der Waals surface area contributed by atoms with E-state index in [9.17, 15) is 10.2 Å². The normalized spacial score (nSPS) is 25.6. The molecule has 0 amide bonds. The lowest BCUT2D eigenvalue weighted by Crippen LogP contribution is -2.41. The molecule has 0 spiro atoms. The Bertz CT molecular complexity index is 321. The van der Waals surface area contributed by atoms with Gasteiger partial charge in [0.2, 0.25) is 0 Å². The highest BCUT2D eigenvalue weighted by molar-refractivity contribution is 4.90. The van der Waals surface area contributed by atoms with Crippen molar-refractivity contribution < 1.29 is 24.8 Å².